The molecule has 0 unspecified atom stereocenters. The normalized spacial score (nSPS) is 14.2. The van der Waals surface area contributed by atoms with Crippen LogP contribution < -0.4 is 19.1 Å². The number of anilines is 1. The number of ether oxygens (including phenoxy) is 2. The number of methoxy groups -OCH3 is 2. The molecule has 3 aromatic rings. The van der Waals surface area contributed by atoms with Crippen LogP contribution in [-0.4, -0.2) is 58.0 Å². The number of amides is 2. The smallest absolute Gasteiger partial charge is 0.264 e. The van der Waals surface area contributed by atoms with E-state index in [0.717, 1.165) is 30.0 Å². The summed E-state index contributed by atoms with van der Waals surface area (Å²) in [7, 11) is -1.34. The molecule has 0 heterocycles. The molecule has 43 heavy (non-hydrogen) atoms. The van der Waals surface area contributed by atoms with Crippen molar-refractivity contribution >= 4 is 50.7 Å². The molecule has 9 nitrogen and oxygen atoms in total. The van der Waals surface area contributed by atoms with Crippen LogP contribution in [0, 0.1) is 0 Å². The summed E-state index contributed by atoms with van der Waals surface area (Å²) in [6.45, 7) is 0.886. The van der Waals surface area contributed by atoms with Gasteiger partial charge in [0.2, 0.25) is 11.8 Å². The average Bonchev–Trinajstić information content (AvgIpc) is 3.52. The maximum absolute atomic E-state index is 14.2. The highest BCUT2D eigenvalue weighted by Crippen LogP contribution is 2.34. The molecule has 1 N–H and O–H groups in total. The monoisotopic (exact) mass is 647 g/mol. The zero-order chi connectivity index (χ0) is 31.1. The van der Waals surface area contributed by atoms with Crippen LogP contribution in [0.2, 0.25) is 10.0 Å². The van der Waals surface area contributed by atoms with E-state index in [1.165, 1.54) is 43.4 Å². The maximum atomic E-state index is 14.2. The number of halogens is 2. The first-order chi connectivity index (χ1) is 20.6. The molecule has 1 atom stereocenters. The van der Waals surface area contributed by atoms with Gasteiger partial charge in [0.25, 0.3) is 10.0 Å². The molecule has 0 aromatic heterocycles. The molecular formula is C31H35Cl2N3O6S. The molecule has 0 saturated heterocycles. The second-order valence-corrected chi connectivity index (χ2v) is 12.9. The first-order valence-corrected chi connectivity index (χ1v) is 16.1. The van der Waals surface area contributed by atoms with Crippen molar-refractivity contribution in [2.75, 3.05) is 25.1 Å². The number of nitrogens with zero attached hydrogens (tertiary/aromatic N) is 2. The number of hydrogen-bond donors (Lipinski definition) is 1. The minimum absolute atomic E-state index is 0.00897. The Morgan fingerprint density at radius 1 is 0.930 bits per heavy atom. The summed E-state index contributed by atoms with van der Waals surface area (Å²) in [4.78, 5) is 28.9. The molecule has 4 rings (SSSR count). The molecule has 1 aliphatic rings. The molecule has 1 aliphatic carbocycles. The van der Waals surface area contributed by atoms with Crippen LogP contribution in [0.3, 0.4) is 0 Å². The van der Waals surface area contributed by atoms with Gasteiger partial charge in [-0.15, -0.1) is 0 Å². The van der Waals surface area contributed by atoms with E-state index < -0.39 is 28.5 Å². The van der Waals surface area contributed by atoms with Gasteiger partial charge in [-0.05, 0) is 56.2 Å². The highest BCUT2D eigenvalue weighted by atomic mass is 35.5. The molecular weight excluding hydrogens is 613 g/mol. The minimum Gasteiger partial charge on any atom is -0.493 e. The Morgan fingerprint density at radius 3 is 2.16 bits per heavy atom. The van der Waals surface area contributed by atoms with Crippen LogP contribution in [0.15, 0.2) is 71.6 Å². The molecule has 2 amide bonds. The number of hydrogen-bond acceptors (Lipinski definition) is 6. The summed E-state index contributed by atoms with van der Waals surface area (Å²) >= 11 is 12.9. The standard InChI is InChI=1S/C31H35Cl2N3O6S/c1-21(31(38)34-22-10-7-8-11-22)35(19-25-26(32)14-9-15-27(25)33)30(37)20-36(43(39,40)24-12-5-4-6-13-24)23-16-17-28(41-2)29(18-23)42-3/h4-6,9,12-18,21-22H,7-8,10-11,19-20H2,1-3H3,(H,34,38)/t21-/m0/s1. The van der Waals surface area contributed by atoms with E-state index in [9.17, 15) is 18.0 Å². The molecule has 0 spiro atoms. The maximum Gasteiger partial charge on any atom is 0.264 e. The van der Waals surface area contributed by atoms with Gasteiger partial charge in [0.05, 0.1) is 24.8 Å². The third-order valence-corrected chi connectivity index (χ3v) is 10.0. The number of carbonyl (C=O) groups is 2. The fourth-order valence-electron chi connectivity index (χ4n) is 5.06. The van der Waals surface area contributed by atoms with Crippen LogP contribution in [0.5, 0.6) is 11.5 Å². The summed E-state index contributed by atoms with van der Waals surface area (Å²) in [6, 6.07) is 16.4. The second-order valence-electron chi connectivity index (χ2n) is 10.3. The van der Waals surface area contributed by atoms with Crippen molar-refractivity contribution in [2.45, 2.75) is 56.1 Å². The van der Waals surface area contributed by atoms with Gasteiger partial charge in [-0.25, -0.2) is 8.42 Å². The predicted molar refractivity (Wildman–Crippen MR) is 167 cm³/mol. The van der Waals surface area contributed by atoms with E-state index in [2.05, 4.69) is 5.32 Å². The predicted octanol–water partition coefficient (Wildman–Crippen LogP) is 5.68. The Hall–Kier alpha value is -3.47. The van der Waals surface area contributed by atoms with Crippen molar-refractivity contribution in [2.24, 2.45) is 0 Å². The first-order valence-electron chi connectivity index (χ1n) is 13.9. The van der Waals surface area contributed by atoms with Gasteiger partial charge < -0.3 is 19.7 Å². The van der Waals surface area contributed by atoms with Crippen molar-refractivity contribution in [3.8, 4) is 11.5 Å². The van der Waals surface area contributed by atoms with E-state index in [-0.39, 0.29) is 34.8 Å². The van der Waals surface area contributed by atoms with Gasteiger partial charge in [-0.2, -0.15) is 0 Å². The quantitative estimate of drug-likeness (QED) is 0.271. The minimum atomic E-state index is -4.24. The van der Waals surface area contributed by atoms with Crippen molar-refractivity contribution < 1.29 is 27.5 Å². The topological polar surface area (TPSA) is 105 Å². The lowest BCUT2D eigenvalue weighted by atomic mass is 10.1. The average molecular weight is 649 g/mol. The lowest BCUT2D eigenvalue weighted by Gasteiger charge is -2.33. The van der Waals surface area contributed by atoms with Crippen LogP contribution >= 0.6 is 23.2 Å². The lowest BCUT2D eigenvalue weighted by molar-refractivity contribution is -0.139. The van der Waals surface area contributed by atoms with Gasteiger partial charge in [-0.3, -0.25) is 13.9 Å². The van der Waals surface area contributed by atoms with E-state index in [0.29, 0.717) is 21.4 Å². The second kappa shape index (κ2) is 14.3. The Kier molecular flexibility index (Phi) is 10.8. The van der Waals surface area contributed by atoms with Gasteiger partial charge in [0, 0.05) is 34.3 Å². The van der Waals surface area contributed by atoms with E-state index >= 15 is 0 Å². The van der Waals surface area contributed by atoms with Crippen LogP contribution in [0.25, 0.3) is 0 Å². The fourth-order valence-corrected chi connectivity index (χ4v) is 7.00. The molecule has 0 bridgehead atoms. The number of benzene rings is 3. The Bertz CT molecular complexity index is 1530. The van der Waals surface area contributed by atoms with Gasteiger partial charge in [0.1, 0.15) is 12.6 Å². The van der Waals surface area contributed by atoms with E-state index in [1.807, 2.05) is 0 Å². The Morgan fingerprint density at radius 2 is 1.56 bits per heavy atom. The fraction of sp³-hybridized carbons (Fsp3) is 0.355. The summed E-state index contributed by atoms with van der Waals surface area (Å²) in [5, 5.41) is 3.68. The van der Waals surface area contributed by atoms with Crippen LogP contribution in [-0.2, 0) is 26.2 Å². The lowest BCUT2D eigenvalue weighted by Crippen LogP contribution is -2.52. The third-order valence-electron chi connectivity index (χ3n) is 7.52. The van der Waals surface area contributed by atoms with Crippen molar-refractivity contribution in [3.63, 3.8) is 0 Å². The summed E-state index contributed by atoms with van der Waals surface area (Å²) in [5.41, 5.74) is 0.622. The highest BCUT2D eigenvalue weighted by molar-refractivity contribution is 7.92. The molecule has 0 radical (unpaired) electrons. The third kappa shape index (κ3) is 7.55. The molecule has 1 fully saturated rings. The number of sulfonamides is 1. The van der Waals surface area contributed by atoms with Crippen LogP contribution in [0.4, 0.5) is 5.69 Å². The van der Waals surface area contributed by atoms with Gasteiger partial charge in [0.15, 0.2) is 11.5 Å². The molecule has 0 aliphatic heterocycles. The summed E-state index contributed by atoms with van der Waals surface area (Å²) in [5.74, 6) is -0.294. The molecule has 12 heteroatoms. The van der Waals surface area contributed by atoms with Gasteiger partial charge >= 0.3 is 0 Å². The molecule has 3 aromatic carbocycles. The first kappa shape index (κ1) is 32.4. The Balaban J connectivity index is 1.75. The van der Waals surface area contributed by atoms with Crippen molar-refractivity contribution in [1.82, 2.24) is 10.2 Å². The number of carbonyl (C=O) groups excluding carboxylic acids is 2. The van der Waals surface area contributed by atoms with Crippen molar-refractivity contribution in [1.29, 1.82) is 0 Å². The van der Waals surface area contributed by atoms with Crippen molar-refractivity contribution in [3.05, 3.63) is 82.3 Å². The van der Waals surface area contributed by atoms with Crippen LogP contribution in [0.1, 0.15) is 38.2 Å². The van der Waals surface area contributed by atoms with Gasteiger partial charge in [-0.1, -0.05) is 60.3 Å². The zero-order valence-electron chi connectivity index (χ0n) is 24.3. The number of rotatable bonds is 12. The summed E-state index contributed by atoms with van der Waals surface area (Å²) < 4.78 is 39.7. The largest absolute Gasteiger partial charge is 0.493 e. The molecule has 230 valence electrons. The molecule has 1 saturated carbocycles. The summed E-state index contributed by atoms with van der Waals surface area (Å²) in [6.07, 6.45) is 3.78. The number of nitrogens with one attached hydrogen (secondary N) is 1. The Labute approximate surface area is 262 Å². The zero-order valence-corrected chi connectivity index (χ0v) is 26.6. The van der Waals surface area contributed by atoms with E-state index in [4.69, 9.17) is 32.7 Å². The highest BCUT2D eigenvalue weighted by Gasteiger charge is 2.34. The SMILES string of the molecule is COc1ccc(N(CC(=O)N(Cc2c(Cl)cccc2Cl)[C@@H](C)C(=O)NC2CCCC2)S(=O)(=O)c2ccccc2)cc1OC. The van der Waals surface area contributed by atoms with E-state index in [1.54, 1.807) is 49.4 Å².